The molecule has 0 bridgehead atoms. The van der Waals surface area contributed by atoms with Crippen molar-refractivity contribution in [3.8, 4) is 0 Å². The Morgan fingerprint density at radius 2 is 0.862 bits per heavy atom. The van der Waals surface area contributed by atoms with Crippen molar-refractivity contribution < 1.29 is 19.9 Å². The Balaban J connectivity index is 2.10. The number of hydrogen-bond acceptors (Lipinski definition) is 4. The molecular formula is C21H42N3O4P. The molecule has 3 N–H and O–H groups in total. The Bertz CT molecular complexity index is 552. The van der Waals surface area contributed by atoms with Gasteiger partial charge in [-0.15, -0.1) is 0 Å². The predicted molar refractivity (Wildman–Crippen MR) is 116 cm³/mol. The maximum Gasteiger partial charge on any atom is 0.287 e. The Morgan fingerprint density at radius 3 is 1.07 bits per heavy atom. The Morgan fingerprint density at radius 1 is 0.621 bits per heavy atom. The molecular weight excluding hydrogens is 389 g/mol. The van der Waals surface area contributed by atoms with E-state index in [1.807, 2.05) is 14.0 Å². The topological polar surface area (TPSA) is 87.5 Å². The van der Waals surface area contributed by atoms with Gasteiger partial charge in [-0.25, -0.2) is 14.0 Å². The maximum atomic E-state index is 15.2. The van der Waals surface area contributed by atoms with E-state index in [1.54, 1.807) is 41.5 Å². The summed E-state index contributed by atoms with van der Waals surface area (Å²) in [6.07, 6.45) is 5.07. The van der Waals surface area contributed by atoms with E-state index in [9.17, 15) is 15.3 Å². The van der Waals surface area contributed by atoms with Crippen LogP contribution in [0, 0.1) is 0 Å². The summed E-state index contributed by atoms with van der Waals surface area (Å²) in [7, 11) is -3.30. The normalized spacial score (nSPS) is 31.8. The molecule has 3 atom stereocenters. The monoisotopic (exact) mass is 431 g/mol. The van der Waals surface area contributed by atoms with Gasteiger partial charge in [-0.3, -0.25) is 4.57 Å². The molecule has 0 radical (unpaired) electrons. The van der Waals surface area contributed by atoms with Gasteiger partial charge < -0.3 is 15.3 Å². The van der Waals surface area contributed by atoms with Gasteiger partial charge in [-0.1, -0.05) is 0 Å². The minimum atomic E-state index is -3.30. The summed E-state index contributed by atoms with van der Waals surface area (Å²) in [6.45, 7) is 12.8. The van der Waals surface area contributed by atoms with Crippen molar-refractivity contribution in [1.29, 1.82) is 0 Å². The smallest absolute Gasteiger partial charge is 0.287 e. The SMILES string of the molecule is CC(C)(O)[C@@H]1CCCN1P(=O)(N1CCC[C@H]1C(C)(C)O)N1CCC[C@H]1C(C)(C)O. The molecule has 0 aromatic rings. The van der Waals surface area contributed by atoms with Gasteiger partial charge in [0.15, 0.2) is 0 Å². The van der Waals surface area contributed by atoms with Crippen LogP contribution in [0.15, 0.2) is 0 Å². The molecule has 170 valence electrons. The second-order valence-corrected chi connectivity index (χ2v) is 13.5. The zero-order valence-corrected chi connectivity index (χ0v) is 20.0. The quantitative estimate of drug-likeness (QED) is 0.558. The van der Waals surface area contributed by atoms with E-state index in [1.165, 1.54) is 0 Å². The van der Waals surface area contributed by atoms with Crippen LogP contribution < -0.4 is 0 Å². The van der Waals surface area contributed by atoms with Crippen LogP contribution in [0.1, 0.15) is 80.1 Å². The molecule has 3 saturated heterocycles. The standard InChI is InChI=1S/C21H42N3O4P/c1-19(2,25)16-10-7-13-22(16)29(28,23-14-8-11-17(23)20(3,4)26)24-15-9-12-18(24)21(5,6)27/h16-18,25-27H,7-15H2,1-6H3/t16-,17-,18-/m0/s1. The Hall–Kier alpha value is -0.0100. The molecule has 8 heteroatoms. The molecule has 0 saturated carbocycles. The Labute approximate surface area is 176 Å². The number of hydrogen-bond donors (Lipinski definition) is 3. The number of rotatable bonds is 6. The van der Waals surface area contributed by atoms with E-state index in [0.717, 1.165) is 38.5 Å². The predicted octanol–water partition coefficient (Wildman–Crippen LogP) is 2.80. The van der Waals surface area contributed by atoms with Crippen molar-refractivity contribution in [3.05, 3.63) is 0 Å². The molecule has 29 heavy (non-hydrogen) atoms. The fraction of sp³-hybridized carbons (Fsp3) is 1.00. The molecule has 3 heterocycles. The van der Waals surface area contributed by atoms with Crippen molar-refractivity contribution in [2.45, 2.75) is 115 Å². The summed E-state index contributed by atoms with van der Waals surface area (Å²) in [4.78, 5) is 0. The highest BCUT2D eigenvalue weighted by molar-refractivity contribution is 7.56. The van der Waals surface area contributed by atoms with Crippen molar-refractivity contribution >= 4 is 7.59 Å². The summed E-state index contributed by atoms with van der Waals surface area (Å²) in [5.74, 6) is 0. The number of aliphatic hydroxyl groups is 3. The van der Waals surface area contributed by atoms with Gasteiger partial charge in [0.2, 0.25) is 0 Å². The minimum Gasteiger partial charge on any atom is -0.389 e. The first-order chi connectivity index (χ1) is 13.2. The van der Waals surface area contributed by atoms with Crippen LogP contribution >= 0.6 is 7.59 Å². The largest absolute Gasteiger partial charge is 0.389 e. The summed E-state index contributed by atoms with van der Waals surface area (Å²) >= 11 is 0. The first-order valence-corrected chi connectivity index (χ1v) is 12.8. The molecule has 0 aromatic heterocycles. The molecule has 0 aromatic carbocycles. The van der Waals surface area contributed by atoms with Gasteiger partial charge >= 0.3 is 0 Å². The highest BCUT2D eigenvalue weighted by Gasteiger charge is 2.58. The van der Waals surface area contributed by atoms with Gasteiger partial charge in [-0.05, 0) is 80.1 Å². The molecule has 0 unspecified atom stereocenters. The highest BCUT2D eigenvalue weighted by atomic mass is 31.2. The summed E-state index contributed by atoms with van der Waals surface area (Å²) in [5, 5.41) is 32.7. The number of nitrogens with zero attached hydrogens (tertiary/aromatic N) is 3. The fourth-order valence-corrected chi connectivity index (χ4v) is 10.2. The zero-order chi connectivity index (χ0) is 21.8. The van der Waals surface area contributed by atoms with Crippen molar-refractivity contribution in [2.24, 2.45) is 0 Å². The Kier molecular flexibility index (Phi) is 6.40. The lowest BCUT2D eigenvalue weighted by molar-refractivity contribution is -0.00760. The summed E-state index contributed by atoms with van der Waals surface area (Å²) in [5.41, 5.74) is -2.92. The second-order valence-electron chi connectivity index (χ2n) is 10.9. The third kappa shape index (κ3) is 4.34. The van der Waals surface area contributed by atoms with Crippen LogP contribution in [-0.4, -0.2) is 83.9 Å². The van der Waals surface area contributed by atoms with Crippen LogP contribution in [0.5, 0.6) is 0 Å². The summed E-state index contributed by atoms with van der Waals surface area (Å²) < 4.78 is 21.4. The molecule has 3 aliphatic heterocycles. The van der Waals surface area contributed by atoms with E-state index in [2.05, 4.69) is 0 Å². The van der Waals surface area contributed by atoms with Crippen molar-refractivity contribution in [1.82, 2.24) is 14.0 Å². The molecule has 7 nitrogen and oxygen atoms in total. The van der Waals surface area contributed by atoms with Gasteiger partial charge in [0.1, 0.15) is 0 Å². The first kappa shape index (κ1) is 23.6. The van der Waals surface area contributed by atoms with Crippen LogP contribution in [0.25, 0.3) is 0 Å². The molecule has 3 fully saturated rings. The molecule has 3 aliphatic rings. The maximum absolute atomic E-state index is 15.2. The van der Waals surface area contributed by atoms with Gasteiger partial charge in [0.25, 0.3) is 7.59 Å². The lowest BCUT2D eigenvalue weighted by Gasteiger charge is -2.51. The van der Waals surface area contributed by atoms with Gasteiger partial charge in [-0.2, -0.15) is 0 Å². The average molecular weight is 432 g/mol. The minimum absolute atomic E-state index is 0.209. The van der Waals surface area contributed by atoms with Crippen LogP contribution in [0.2, 0.25) is 0 Å². The summed E-state index contributed by atoms with van der Waals surface area (Å²) in [6, 6.07) is -0.627. The van der Waals surface area contributed by atoms with E-state index in [4.69, 9.17) is 0 Å². The van der Waals surface area contributed by atoms with E-state index < -0.39 is 24.4 Å². The molecule has 3 rings (SSSR count). The third-order valence-corrected chi connectivity index (χ3v) is 10.6. The zero-order valence-electron chi connectivity index (χ0n) is 19.1. The van der Waals surface area contributed by atoms with E-state index in [-0.39, 0.29) is 18.1 Å². The van der Waals surface area contributed by atoms with E-state index in [0.29, 0.717) is 19.6 Å². The van der Waals surface area contributed by atoms with Crippen LogP contribution in [0.4, 0.5) is 0 Å². The van der Waals surface area contributed by atoms with Crippen LogP contribution in [0.3, 0.4) is 0 Å². The second kappa shape index (κ2) is 7.84. The third-order valence-electron chi connectivity index (χ3n) is 7.12. The first-order valence-electron chi connectivity index (χ1n) is 11.3. The van der Waals surface area contributed by atoms with Gasteiger partial charge in [0, 0.05) is 37.8 Å². The fourth-order valence-electron chi connectivity index (χ4n) is 5.79. The highest BCUT2D eigenvalue weighted by Crippen LogP contribution is 2.66. The molecule has 0 amide bonds. The lowest BCUT2D eigenvalue weighted by atomic mass is 9.98. The van der Waals surface area contributed by atoms with Crippen molar-refractivity contribution in [3.63, 3.8) is 0 Å². The lowest BCUT2D eigenvalue weighted by Crippen LogP contribution is -2.56. The average Bonchev–Trinajstić information content (AvgIpc) is 3.30. The van der Waals surface area contributed by atoms with E-state index >= 15 is 4.57 Å². The van der Waals surface area contributed by atoms with Crippen molar-refractivity contribution in [2.75, 3.05) is 19.6 Å². The van der Waals surface area contributed by atoms with Crippen LogP contribution in [-0.2, 0) is 4.57 Å². The van der Waals surface area contributed by atoms with Gasteiger partial charge in [0.05, 0.1) is 16.8 Å². The molecule has 0 spiro atoms. The molecule has 0 aliphatic carbocycles.